The molecule has 0 atom stereocenters. The van der Waals surface area contributed by atoms with Crippen LogP contribution in [0.15, 0.2) is 108 Å². The number of nitrogens with zero attached hydrogens (tertiary/aromatic N) is 3. The van der Waals surface area contributed by atoms with Crippen LogP contribution in [-0.2, 0) is 19.5 Å². The summed E-state index contributed by atoms with van der Waals surface area (Å²) >= 11 is 0. The first-order chi connectivity index (χ1) is 19.7. The average Bonchev–Trinajstić information content (AvgIpc) is 3.64. The van der Waals surface area contributed by atoms with E-state index < -0.39 is 0 Å². The van der Waals surface area contributed by atoms with Crippen LogP contribution >= 0.6 is 0 Å². The molecule has 0 radical (unpaired) electrons. The maximum Gasteiger partial charge on any atom is 0.160 e. The highest BCUT2D eigenvalue weighted by Gasteiger charge is 2.23. The van der Waals surface area contributed by atoms with E-state index in [0.29, 0.717) is 36.5 Å². The van der Waals surface area contributed by atoms with E-state index in [1.54, 1.807) is 26.8 Å². The van der Waals surface area contributed by atoms with E-state index in [2.05, 4.69) is 28.8 Å². The zero-order valence-corrected chi connectivity index (χ0v) is 22.5. The van der Waals surface area contributed by atoms with Crippen molar-refractivity contribution in [1.29, 1.82) is 5.41 Å². The normalized spacial score (nSPS) is 11.2. The number of furan rings is 1. The van der Waals surface area contributed by atoms with Gasteiger partial charge < -0.3 is 23.0 Å². The van der Waals surface area contributed by atoms with Crippen molar-refractivity contribution < 1.29 is 13.9 Å². The molecule has 6 rings (SSSR count). The van der Waals surface area contributed by atoms with Gasteiger partial charge in [0.05, 0.1) is 44.4 Å². The Morgan fingerprint density at radius 3 is 2.23 bits per heavy atom. The lowest BCUT2D eigenvalue weighted by Gasteiger charge is -2.11. The van der Waals surface area contributed by atoms with Gasteiger partial charge in [-0.15, -0.1) is 0 Å². The van der Waals surface area contributed by atoms with E-state index in [0.717, 1.165) is 44.7 Å². The lowest BCUT2D eigenvalue weighted by Crippen LogP contribution is -2.22. The number of nitrogens with one attached hydrogen (secondary N) is 1. The number of hydrogen-bond donors (Lipinski definition) is 1. The molecule has 40 heavy (non-hydrogen) atoms. The average molecular weight is 531 g/mol. The molecule has 3 heterocycles. The summed E-state index contributed by atoms with van der Waals surface area (Å²) < 4.78 is 20.7. The van der Waals surface area contributed by atoms with Gasteiger partial charge in [-0.05, 0) is 47.4 Å². The molecule has 7 nitrogen and oxygen atoms in total. The van der Waals surface area contributed by atoms with Crippen LogP contribution in [0.5, 0.6) is 11.5 Å². The van der Waals surface area contributed by atoms with Crippen molar-refractivity contribution >= 4 is 11.0 Å². The van der Waals surface area contributed by atoms with Crippen molar-refractivity contribution in [3.63, 3.8) is 0 Å². The molecule has 0 aliphatic rings. The van der Waals surface area contributed by atoms with E-state index in [4.69, 9.17) is 18.9 Å². The molecule has 0 saturated carbocycles. The molecule has 0 spiro atoms. The quantitative estimate of drug-likeness (QED) is 0.230. The van der Waals surface area contributed by atoms with Gasteiger partial charge in [-0.2, -0.15) is 0 Å². The van der Waals surface area contributed by atoms with Crippen molar-refractivity contribution in [1.82, 2.24) is 14.1 Å². The monoisotopic (exact) mass is 530 g/mol. The third-order valence-corrected chi connectivity index (χ3v) is 7.17. The third-order valence-electron chi connectivity index (χ3n) is 7.17. The summed E-state index contributed by atoms with van der Waals surface area (Å²) in [6.07, 6.45) is 4.17. The molecule has 7 heteroatoms. The first kappa shape index (κ1) is 25.2. The lowest BCUT2D eigenvalue weighted by atomic mass is 9.99. The van der Waals surface area contributed by atoms with Crippen molar-refractivity contribution in [2.24, 2.45) is 0 Å². The molecular formula is C33H30N4O3. The second-order valence-electron chi connectivity index (χ2n) is 9.55. The molecule has 200 valence electrons. The summed E-state index contributed by atoms with van der Waals surface area (Å²) in [5.41, 5.74) is 6.36. The van der Waals surface area contributed by atoms with Crippen LogP contribution in [0.3, 0.4) is 0 Å². The van der Waals surface area contributed by atoms with E-state index in [9.17, 15) is 5.41 Å². The van der Waals surface area contributed by atoms with Gasteiger partial charge in [-0.1, -0.05) is 66.7 Å². The SMILES string of the molecule is COc1ccc(CCn2cnc3c(c(-c4ccccc4)c(-c4ccccc4)n3Cc3ccco3)c2=N)cc1OC. The minimum atomic E-state index is 0.416. The molecule has 3 aromatic heterocycles. The van der Waals surface area contributed by atoms with Crippen molar-refractivity contribution in [3.05, 3.63) is 120 Å². The van der Waals surface area contributed by atoms with Gasteiger partial charge in [0.15, 0.2) is 11.5 Å². The van der Waals surface area contributed by atoms with Gasteiger partial charge in [0.2, 0.25) is 0 Å². The van der Waals surface area contributed by atoms with Gasteiger partial charge in [0, 0.05) is 12.1 Å². The largest absolute Gasteiger partial charge is 0.493 e. The number of ether oxygens (including phenoxy) is 2. The standard InChI is InChI=1S/C33H30N4O3/c1-38-27-16-15-23(20-28(27)39-2)17-18-36-22-35-33-30(32(36)34)29(24-10-5-3-6-11-24)31(25-12-7-4-8-13-25)37(33)21-26-14-9-19-40-26/h3-16,19-20,22,34H,17-18,21H2,1-2H3. The van der Waals surface area contributed by atoms with Crippen molar-refractivity contribution in [2.45, 2.75) is 19.5 Å². The first-order valence-corrected chi connectivity index (χ1v) is 13.2. The summed E-state index contributed by atoms with van der Waals surface area (Å²) in [5.74, 6) is 2.22. The summed E-state index contributed by atoms with van der Waals surface area (Å²) in [6.45, 7) is 1.10. The number of fused-ring (bicyclic) bond motifs is 1. The summed E-state index contributed by atoms with van der Waals surface area (Å²) in [6, 6.07) is 30.4. The number of aryl methyl sites for hydroxylation is 2. The third kappa shape index (κ3) is 4.66. The Bertz CT molecular complexity index is 1800. The highest BCUT2D eigenvalue weighted by molar-refractivity contribution is 6.02. The fraction of sp³-hybridized carbons (Fsp3) is 0.152. The first-order valence-electron chi connectivity index (χ1n) is 13.2. The number of hydrogen-bond acceptors (Lipinski definition) is 5. The van der Waals surface area contributed by atoms with Crippen LogP contribution in [0.2, 0.25) is 0 Å². The second-order valence-corrected chi connectivity index (χ2v) is 9.55. The van der Waals surface area contributed by atoms with Crippen molar-refractivity contribution in [3.8, 4) is 33.9 Å². The zero-order valence-electron chi connectivity index (χ0n) is 22.5. The minimum absolute atomic E-state index is 0.416. The molecule has 0 unspecified atom stereocenters. The maximum absolute atomic E-state index is 9.40. The Kier molecular flexibility index (Phi) is 6.93. The van der Waals surface area contributed by atoms with Crippen LogP contribution in [0.1, 0.15) is 11.3 Å². The van der Waals surface area contributed by atoms with Gasteiger partial charge in [0.1, 0.15) is 16.9 Å². The molecular weight excluding hydrogens is 500 g/mol. The molecule has 1 N–H and O–H groups in total. The Labute approximate surface area is 232 Å². The smallest absolute Gasteiger partial charge is 0.160 e. The van der Waals surface area contributed by atoms with E-state index in [1.165, 1.54) is 0 Å². The topological polar surface area (TPSA) is 78.2 Å². The molecule has 0 aliphatic carbocycles. The van der Waals surface area contributed by atoms with Gasteiger partial charge in [-0.3, -0.25) is 5.41 Å². The lowest BCUT2D eigenvalue weighted by molar-refractivity contribution is 0.354. The summed E-state index contributed by atoms with van der Waals surface area (Å²) in [5, 5.41) is 10.2. The molecule has 0 amide bonds. The second kappa shape index (κ2) is 11.0. The van der Waals surface area contributed by atoms with Gasteiger partial charge >= 0.3 is 0 Å². The fourth-order valence-corrected chi connectivity index (χ4v) is 5.24. The molecule has 6 aromatic rings. The Morgan fingerprint density at radius 2 is 1.55 bits per heavy atom. The zero-order chi connectivity index (χ0) is 27.5. The van der Waals surface area contributed by atoms with Crippen LogP contribution in [0.25, 0.3) is 33.4 Å². The summed E-state index contributed by atoms with van der Waals surface area (Å²) in [7, 11) is 3.27. The Balaban J connectivity index is 1.52. The number of methoxy groups -OCH3 is 2. The molecule has 0 bridgehead atoms. The van der Waals surface area contributed by atoms with E-state index >= 15 is 0 Å². The number of rotatable bonds is 9. The maximum atomic E-state index is 9.40. The van der Waals surface area contributed by atoms with Crippen LogP contribution in [0, 0.1) is 5.41 Å². The fourth-order valence-electron chi connectivity index (χ4n) is 5.24. The van der Waals surface area contributed by atoms with Gasteiger partial charge in [0.25, 0.3) is 0 Å². The van der Waals surface area contributed by atoms with Crippen LogP contribution in [0.4, 0.5) is 0 Å². The number of benzene rings is 3. The predicted molar refractivity (Wildman–Crippen MR) is 156 cm³/mol. The Morgan fingerprint density at radius 1 is 0.825 bits per heavy atom. The summed E-state index contributed by atoms with van der Waals surface area (Å²) in [4.78, 5) is 4.95. The Hall–Kier alpha value is -5.04. The van der Waals surface area contributed by atoms with Gasteiger partial charge in [-0.25, -0.2) is 4.98 Å². The van der Waals surface area contributed by atoms with Crippen LogP contribution in [-0.4, -0.2) is 28.3 Å². The molecule has 3 aromatic carbocycles. The number of aromatic nitrogens is 3. The highest BCUT2D eigenvalue weighted by Crippen LogP contribution is 2.39. The van der Waals surface area contributed by atoms with E-state index in [1.807, 2.05) is 71.3 Å². The van der Waals surface area contributed by atoms with Crippen molar-refractivity contribution in [2.75, 3.05) is 14.2 Å². The van der Waals surface area contributed by atoms with E-state index in [-0.39, 0.29) is 0 Å². The molecule has 0 saturated heterocycles. The predicted octanol–water partition coefficient (Wildman–Crippen LogP) is 6.55. The highest BCUT2D eigenvalue weighted by atomic mass is 16.5. The minimum Gasteiger partial charge on any atom is -0.493 e. The molecule has 0 aliphatic heterocycles. The molecule has 0 fully saturated rings. The van der Waals surface area contributed by atoms with Crippen LogP contribution < -0.4 is 15.0 Å².